The maximum absolute atomic E-state index is 9.45. The van der Waals surface area contributed by atoms with Gasteiger partial charge < -0.3 is 10.2 Å². The lowest BCUT2D eigenvalue weighted by Gasteiger charge is -2.37. The van der Waals surface area contributed by atoms with Gasteiger partial charge in [-0.2, -0.15) is 0 Å². The maximum Gasteiger partial charge on any atom is 0.115 e. The van der Waals surface area contributed by atoms with Gasteiger partial charge in [0.05, 0.1) is 0 Å². The molecule has 0 heterocycles. The first-order valence-electron chi connectivity index (χ1n) is 7.73. The molecule has 0 amide bonds. The van der Waals surface area contributed by atoms with Gasteiger partial charge in [-0.1, -0.05) is 37.6 Å². The molecule has 2 N–H and O–H groups in total. The first-order chi connectivity index (χ1) is 10.1. The van der Waals surface area contributed by atoms with Gasteiger partial charge in [0.15, 0.2) is 0 Å². The predicted molar refractivity (Wildman–Crippen MR) is 84.7 cm³/mol. The van der Waals surface area contributed by atoms with Crippen LogP contribution in [0, 0.1) is 5.92 Å². The van der Waals surface area contributed by atoms with Gasteiger partial charge in [0.1, 0.15) is 11.5 Å². The molecule has 2 aromatic carbocycles. The molecule has 2 unspecified atom stereocenters. The van der Waals surface area contributed by atoms with Crippen LogP contribution in [-0.4, -0.2) is 10.2 Å². The summed E-state index contributed by atoms with van der Waals surface area (Å²) in [6.45, 7) is 2.33. The molecule has 3 rings (SSSR count). The predicted octanol–water partition coefficient (Wildman–Crippen LogP) is 4.79. The second-order valence-corrected chi connectivity index (χ2v) is 6.19. The van der Waals surface area contributed by atoms with Gasteiger partial charge >= 0.3 is 0 Å². The number of aromatic hydroxyl groups is 2. The van der Waals surface area contributed by atoms with Gasteiger partial charge in [0.2, 0.25) is 0 Å². The lowest BCUT2D eigenvalue weighted by atomic mass is 9.68. The van der Waals surface area contributed by atoms with Crippen LogP contribution in [0.3, 0.4) is 0 Å². The van der Waals surface area contributed by atoms with Gasteiger partial charge in [0, 0.05) is 0 Å². The number of benzene rings is 2. The summed E-state index contributed by atoms with van der Waals surface area (Å²) >= 11 is 0. The summed E-state index contributed by atoms with van der Waals surface area (Å²) < 4.78 is 0. The van der Waals surface area contributed by atoms with Crippen molar-refractivity contribution < 1.29 is 10.2 Å². The summed E-state index contributed by atoms with van der Waals surface area (Å²) in [4.78, 5) is 0. The monoisotopic (exact) mass is 282 g/mol. The molecule has 1 aliphatic rings. The minimum absolute atomic E-state index is 0.331. The smallest absolute Gasteiger partial charge is 0.115 e. The fourth-order valence-electron chi connectivity index (χ4n) is 3.75. The van der Waals surface area contributed by atoms with Crippen molar-refractivity contribution in [3.8, 4) is 11.5 Å². The van der Waals surface area contributed by atoms with Crippen LogP contribution in [0.4, 0.5) is 0 Å². The molecule has 1 fully saturated rings. The lowest BCUT2D eigenvalue weighted by molar-refractivity contribution is 0.284. The van der Waals surface area contributed by atoms with Gasteiger partial charge in [-0.3, -0.25) is 0 Å². The number of phenols is 2. The number of phenolic OH excluding ortho intramolecular Hbond substituents is 2. The minimum Gasteiger partial charge on any atom is -0.508 e. The van der Waals surface area contributed by atoms with E-state index in [0.717, 1.165) is 0 Å². The Bertz CT molecular complexity index is 532. The molecule has 1 saturated carbocycles. The fourth-order valence-corrected chi connectivity index (χ4v) is 3.75. The van der Waals surface area contributed by atoms with Crippen LogP contribution >= 0.6 is 0 Å². The zero-order valence-electron chi connectivity index (χ0n) is 12.4. The Kier molecular flexibility index (Phi) is 3.87. The number of rotatable bonds is 2. The average molecular weight is 282 g/mol. The molecule has 2 atom stereocenters. The lowest BCUT2D eigenvalue weighted by Crippen LogP contribution is -2.23. The molecule has 110 valence electrons. The molecule has 2 heteroatoms. The first-order valence-corrected chi connectivity index (χ1v) is 7.73. The number of hydrogen-bond acceptors (Lipinski definition) is 2. The van der Waals surface area contributed by atoms with Crippen LogP contribution in [0.15, 0.2) is 48.5 Å². The van der Waals surface area contributed by atoms with E-state index in [1.165, 1.54) is 30.4 Å². The van der Waals surface area contributed by atoms with Crippen molar-refractivity contribution in [2.45, 2.75) is 38.0 Å². The van der Waals surface area contributed by atoms with Gasteiger partial charge in [-0.25, -0.2) is 0 Å². The Morgan fingerprint density at radius 3 is 1.48 bits per heavy atom. The Morgan fingerprint density at radius 2 is 1.10 bits per heavy atom. The molecule has 2 aromatic rings. The van der Waals surface area contributed by atoms with E-state index in [9.17, 15) is 10.2 Å². The van der Waals surface area contributed by atoms with E-state index < -0.39 is 0 Å². The molecule has 0 bridgehead atoms. The van der Waals surface area contributed by atoms with Crippen molar-refractivity contribution in [1.82, 2.24) is 0 Å². The van der Waals surface area contributed by atoms with Crippen molar-refractivity contribution in [2.75, 3.05) is 0 Å². The Labute approximate surface area is 126 Å². The van der Waals surface area contributed by atoms with E-state index in [1.807, 2.05) is 0 Å². The highest BCUT2D eigenvalue weighted by Crippen LogP contribution is 2.46. The Hall–Kier alpha value is -1.96. The van der Waals surface area contributed by atoms with Crippen LogP contribution in [0.1, 0.15) is 49.1 Å². The van der Waals surface area contributed by atoms with Crippen LogP contribution in [0.2, 0.25) is 0 Å². The fraction of sp³-hybridized carbons (Fsp3) is 0.368. The summed E-state index contributed by atoms with van der Waals surface area (Å²) in [7, 11) is 0. The van der Waals surface area contributed by atoms with Crippen LogP contribution in [0.5, 0.6) is 11.5 Å². The van der Waals surface area contributed by atoms with E-state index in [-0.39, 0.29) is 0 Å². The molecule has 0 saturated heterocycles. The summed E-state index contributed by atoms with van der Waals surface area (Å²) in [5.41, 5.74) is 2.65. The van der Waals surface area contributed by atoms with Crippen LogP contribution in [-0.2, 0) is 0 Å². The second kappa shape index (κ2) is 5.80. The molecule has 0 spiro atoms. The third kappa shape index (κ3) is 2.90. The topological polar surface area (TPSA) is 40.5 Å². The maximum atomic E-state index is 9.45. The van der Waals surface area contributed by atoms with E-state index in [4.69, 9.17) is 0 Å². The highest BCUT2D eigenvalue weighted by Gasteiger charge is 2.31. The van der Waals surface area contributed by atoms with Crippen molar-refractivity contribution in [1.29, 1.82) is 0 Å². The zero-order chi connectivity index (χ0) is 14.8. The summed E-state index contributed by atoms with van der Waals surface area (Å²) in [5, 5.41) is 18.9. The quantitative estimate of drug-likeness (QED) is 0.831. The molecular weight excluding hydrogens is 260 g/mol. The van der Waals surface area contributed by atoms with Crippen LogP contribution in [0.25, 0.3) is 0 Å². The average Bonchev–Trinajstić information content (AvgIpc) is 2.50. The van der Waals surface area contributed by atoms with Gasteiger partial charge in [0.25, 0.3) is 0 Å². The summed E-state index contributed by atoms with van der Waals surface area (Å²) in [6, 6.07) is 15.3. The first kappa shape index (κ1) is 14.0. The Morgan fingerprint density at radius 1 is 0.714 bits per heavy atom. The third-order valence-corrected chi connectivity index (χ3v) is 4.94. The second-order valence-electron chi connectivity index (χ2n) is 6.19. The highest BCUT2D eigenvalue weighted by atomic mass is 16.3. The van der Waals surface area contributed by atoms with E-state index in [2.05, 4.69) is 31.2 Å². The van der Waals surface area contributed by atoms with E-state index >= 15 is 0 Å². The molecular formula is C19H22O2. The molecule has 0 aromatic heterocycles. The Balaban J connectivity index is 1.84. The van der Waals surface area contributed by atoms with Gasteiger partial charge in [-0.05, 0) is 66.0 Å². The molecule has 2 nitrogen and oxygen atoms in total. The molecule has 0 aliphatic heterocycles. The minimum atomic E-state index is 0.331. The third-order valence-electron chi connectivity index (χ3n) is 4.94. The van der Waals surface area contributed by atoms with Crippen molar-refractivity contribution in [3.05, 3.63) is 59.7 Å². The van der Waals surface area contributed by atoms with E-state index in [1.54, 1.807) is 24.3 Å². The molecule has 21 heavy (non-hydrogen) atoms. The SMILES string of the molecule is CC1C(c2ccc(O)cc2)CCCC1c1ccc(O)cc1. The van der Waals surface area contributed by atoms with E-state index in [0.29, 0.717) is 29.3 Å². The van der Waals surface area contributed by atoms with Crippen molar-refractivity contribution in [3.63, 3.8) is 0 Å². The van der Waals surface area contributed by atoms with Crippen molar-refractivity contribution >= 4 is 0 Å². The molecule has 0 radical (unpaired) electrons. The highest BCUT2D eigenvalue weighted by molar-refractivity contribution is 5.32. The van der Waals surface area contributed by atoms with Gasteiger partial charge in [-0.15, -0.1) is 0 Å². The zero-order valence-corrected chi connectivity index (χ0v) is 12.4. The summed E-state index contributed by atoms with van der Waals surface area (Å²) in [6.07, 6.45) is 3.64. The normalized spacial score (nSPS) is 25.7. The standard InChI is InChI=1S/C19H22O2/c1-13-18(14-5-9-16(20)10-6-14)3-2-4-19(13)15-7-11-17(21)12-8-15/h5-13,18-21H,2-4H2,1H3. The number of hydrogen-bond donors (Lipinski definition) is 2. The summed E-state index contributed by atoms with van der Waals surface area (Å²) in [5.74, 6) is 2.30. The molecule has 1 aliphatic carbocycles. The van der Waals surface area contributed by atoms with Crippen LogP contribution < -0.4 is 0 Å². The van der Waals surface area contributed by atoms with Crippen molar-refractivity contribution in [2.24, 2.45) is 5.92 Å². The largest absolute Gasteiger partial charge is 0.508 e.